The van der Waals surface area contributed by atoms with Crippen molar-refractivity contribution in [2.45, 2.75) is 59.7 Å². The minimum Gasteiger partial charge on any atom is -0.491 e. The van der Waals surface area contributed by atoms with Crippen LogP contribution in [-0.2, 0) is 11.2 Å². The second-order valence-corrected chi connectivity index (χ2v) is 7.21. The zero-order chi connectivity index (χ0) is 19.8. The van der Waals surface area contributed by atoms with E-state index in [-0.39, 0.29) is 12.0 Å². The van der Waals surface area contributed by atoms with Crippen molar-refractivity contribution >= 4 is 5.91 Å². The fourth-order valence-corrected chi connectivity index (χ4v) is 2.74. The van der Waals surface area contributed by atoms with E-state index < -0.39 is 6.10 Å². The van der Waals surface area contributed by atoms with Gasteiger partial charge < -0.3 is 14.8 Å². The Morgan fingerprint density at radius 2 is 1.70 bits per heavy atom. The van der Waals surface area contributed by atoms with Gasteiger partial charge in [-0.2, -0.15) is 0 Å². The lowest BCUT2D eigenvalue weighted by molar-refractivity contribution is -0.127. The lowest BCUT2D eigenvalue weighted by Crippen LogP contribution is -2.36. The summed E-state index contributed by atoms with van der Waals surface area (Å²) in [4.78, 5) is 12.2. The number of hydrogen-bond donors (Lipinski definition) is 1. The van der Waals surface area contributed by atoms with Gasteiger partial charge in [-0.05, 0) is 88.4 Å². The maximum atomic E-state index is 12.2. The molecule has 0 aliphatic heterocycles. The first-order valence-corrected chi connectivity index (χ1v) is 9.62. The molecule has 27 heavy (non-hydrogen) atoms. The summed E-state index contributed by atoms with van der Waals surface area (Å²) < 4.78 is 11.5. The molecule has 1 atom stereocenters. The molecule has 0 aliphatic carbocycles. The highest BCUT2D eigenvalue weighted by molar-refractivity contribution is 5.80. The fraction of sp³-hybridized carbons (Fsp3) is 0.435. The molecule has 0 radical (unpaired) electrons. The Labute approximate surface area is 162 Å². The van der Waals surface area contributed by atoms with Crippen molar-refractivity contribution < 1.29 is 14.3 Å². The van der Waals surface area contributed by atoms with Crippen molar-refractivity contribution in [3.8, 4) is 11.5 Å². The van der Waals surface area contributed by atoms with E-state index in [2.05, 4.69) is 24.4 Å². The summed E-state index contributed by atoms with van der Waals surface area (Å²) in [6.45, 7) is 10.5. The molecule has 2 rings (SSSR count). The van der Waals surface area contributed by atoms with Gasteiger partial charge in [0.25, 0.3) is 5.91 Å². The van der Waals surface area contributed by atoms with E-state index >= 15 is 0 Å². The van der Waals surface area contributed by atoms with Crippen LogP contribution in [0.2, 0.25) is 0 Å². The quantitative estimate of drug-likeness (QED) is 0.657. The molecule has 4 nitrogen and oxygen atoms in total. The SMILES string of the molecule is Cc1ccc(O[C@@H](C)C(=O)NCCCc2cccc(OC(C)C)c2)cc1C. The molecule has 1 N–H and O–H groups in total. The van der Waals surface area contributed by atoms with Gasteiger partial charge in [0.05, 0.1) is 6.10 Å². The number of benzene rings is 2. The van der Waals surface area contributed by atoms with Crippen LogP contribution in [0.15, 0.2) is 42.5 Å². The van der Waals surface area contributed by atoms with E-state index in [9.17, 15) is 4.79 Å². The Kier molecular flexibility index (Phi) is 7.71. The standard InChI is InChI=1S/C23H31NO3/c1-16(2)26-21-10-6-8-20(15-21)9-7-13-24-23(25)19(5)27-22-12-11-17(3)18(4)14-22/h6,8,10-12,14-16,19H,7,9,13H2,1-5H3,(H,24,25)/t19-/m0/s1. The van der Waals surface area contributed by atoms with Gasteiger partial charge in [0.1, 0.15) is 11.5 Å². The van der Waals surface area contributed by atoms with Gasteiger partial charge in [0.15, 0.2) is 6.10 Å². The van der Waals surface area contributed by atoms with Crippen LogP contribution in [0.25, 0.3) is 0 Å². The third kappa shape index (κ3) is 6.97. The predicted octanol–water partition coefficient (Wildman–Crippen LogP) is 4.61. The molecule has 0 unspecified atom stereocenters. The summed E-state index contributed by atoms with van der Waals surface area (Å²) in [6.07, 6.45) is 1.41. The van der Waals surface area contributed by atoms with Crippen LogP contribution in [0.4, 0.5) is 0 Å². The molecule has 0 heterocycles. The minimum absolute atomic E-state index is 0.0925. The molecule has 0 spiro atoms. The smallest absolute Gasteiger partial charge is 0.260 e. The molecular weight excluding hydrogens is 338 g/mol. The van der Waals surface area contributed by atoms with Crippen LogP contribution >= 0.6 is 0 Å². The Morgan fingerprint density at radius 1 is 0.963 bits per heavy atom. The normalized spacial score (nSPS) is 11.9. The number of amides is 1. The molecule has 2 aromatic rings. The summed E-state index contributed by atoms with van der Waals surface area (Å²) in [5.41, 5.74) is 3.58. The minimum atomic E-state index is -0.519. The number of carbonyl (C=O) groups is 1. The topological polar surface area (TPSA) is 47.6 Å². The number of aryl methyl sites for hydroxylation is 3. The van der Waals surface area contributed by atoms with E-state index in [0.717, 1.165) is 29.9 Å². The second-order valence-electron chi connectivity index (χ2n) is 7.21. The number of nitrogens with one attached hydrogen (secondary N) is 1. The van der Waals surface area contributed by atoms with Gasteiger partial charge in [0, 0.05) is 6.54 Å². The first-order chi connectivity index (χ1) is 12.8. The van der Waals surface area contributed by atoms with Crippen LogP contribution in [0, 0.1) is 13.8 Å². The lowest BCUT2D eigenvalue weighted by atomic mass is 10.1. The molecule has 4 heteroatoms. The molecule has 0 aliphatic rings. The molecule has 0 fully saturated rings. The Bertz CT molecular complexity index is 755. The largest absolute Gasteiger partial charge is 0.491 e. The van der Waals surface area contributed by atoms with Crippen LogP contribution in [0.1, 0.15) is 43.9 Å². The Hall–Kier alpha value is -2.49. The number of hydrogen-bond acceptors (Lipinski definition) is 3. The monoisotopic (exact) mass is 369 g/mol. The maximum absolute atomic E-state index is 12.2. The number of ether oxygens (including phenoxy) is 2. The van der Waals surface area contributed by atoms with E-state index in [4.69, 9.17) is 9.47 Å². The van der Waals surface area contributed by atoms with Crippen LogP contribution in [0.3, 0.4) is 0 Å². The zero-order valence-corrected chi connectivity index (χ0v) is 17.0. The van der Waals surface area contributed by atoms with E-state index in [1.54, 1.807) is 6.92 Å². The van der Waals surface area contributed by atoms with Gasteiger partial charge in [-0.3, -0.25) is 4.79 Å². The molecule has 0 aromatic heterocycles. The van der Waals surface area contributed by atoms with Crippen LogP contribution in [0.5, 0.6) is 11.5 Å². The van der Waals surface area contributed by atoms with Crippen molar-refractivity contribution in [1.29, 1.82) is 0 Å². The lowest BCUT2D eigenvalue weighted by Gasteiger charge is -2.15. The molecule has 0 bridgehead atoms. The molecule has 146 valence electrons. The Morgan fingerprint density at radius 3 is 2.41 bits per heavy atom. The average Bonchev–Trinajstić information content (AvgIpc) is 2.61. The van der Waals surface area contributed by atoms with E-state index in [0.29, 0.717) is 6.54 Å². The van der Waals surface area contributed by atoms with Crippen LogP contribution < -0.4 is 14.8 Å². The van der Waals surface area contributed by atoms with Crippen molar-refractivity contribution in [2.75, 3.05) is 6.54 Å². The van der Waals surface area contributed by atoms with Gasteiger partial charge in [-0.25, -0.2) is 0 Å². The van der Waals surface area contributed by atoms with Crippen LogP contribution in [-0.4, -0.2) is 24.7 Å². The molecule has 1 amide bonds. The summed E-state index contributed by atoms with van der Waals surface area (Å²) in [6, 6.07) is 14.0. The van der Waals surface area contributed by atoms with Gasteiger partial charge >= 0.3 is 0 Å². The zero-order valence-electron chi connectivity index (χ0n) is 17.0. The first kappa shape index (κ1) is 20.8. The molecule has 2 aromatic carbocycles. The Balaban J connectivity index is 1.74. The van der Waals surface area contributed by atoms with Crippen molar-refractivity contribution in [3.63, 3.8) is 0 Å². The van der Waals surface area contributed by atoms with Gasteiger partial charge in [-0.1, -0.05) is 18.2 Å². The van der Waals surface area contributed by atoms with E-state index in [1.165, 1.54) is 11.1 Å². The van der Waals surface area contributed by atoms with Gasteiger partial charge in [0.2, 0.25) is 0 Å². The summed E-state index contributed by atoms with van der Waals surface area (Å²) >= 11 is 0. The van der Waals surface area contributed by atoms with Crippen molar-refractivity contribution in [1.82, 2.24) is 5.32 Å². The summed E-state index contributed by atoms with van der Waals surface area (Å²) in [5, 5.41) is 2.95. The predicted molar refractivity (Wildman–Crippen MR) is 110 cm³/mol. The third-order valence-electron chi connectivity index (χ3n) is 4.37. The highest BCUT2D eigenvalue weighted by atomic mass is 16.5. The second kappa shape index (κ2) is 10.0. The molecular formula is C23H31NO3. The third-order valence-corrected chi connectivity index (χ3v) is 4.37. The number of rotatable bonds is 9. The fourth-order valence-electron chi connectivity index (χ4n) is 2.74. The highest BCUT2D eigenvalue weighted by Gasteiger charge is 2.14. The summed E-state index contributed by atoms with van der Waals surface area (Å²) in [5.74, 6) is 1.52. The van der Waals surface area contributed by atoms with E-state index in [1.807, 2.05) is 51.1 Å². The molecule has 0 saturated heterocycles. The summed E-state index contributed by atoms with van der Waals surface area (Å²) in [7, 11) is 0. The molecule has 0 saturated carbocycles. The maximum Gasteiger partial charge on any atom is 0.260 e. The van der Waals surface area contributed by atoms with Gasteiger partial charge in [-0.15, -0.1) is 0 Å². The first-order valence-electron chi connectivity index (χ1n) is 9.62. The van der Waals surface area contributed by atoms with Crippen molar-refractivity contribution in [3.05, 3.63) is 59.2 Å². The average molecular weight is 370 g/mol. The highest BCUT2D eigenvalue weighted by Crippen LogP contribution is 2.18. The van der Waals surface area contributed by atoms with Crippen molar-refractivity contribution in [2.24, 2.45) is 0 Å². The number of carbonyl (C=O) groups excluding carboxylic acids is 1.